The van der Waals surface area contributed by atoms with Crippen molar-refractivity contribution < 1.29 is 9.59 Å². The quantitative estimate of drug-likeness (QED) is 0.832. The van der Waals surface area contributed by atoms with Crippen LogP contribution in [0.3, 0.4) is 0 Å². The molecule has 1 spiro atoms. The Labute approximate surface area is 183 Å². The van der Waals surface area contributed by atoms with Gasteiger partial charge in [-0.25, -0.2) is 0 Å². The molecule has 31 heavy (non-hydrogen) atoms. The first-order chi connectivity index (χ1) is 15.2. The molecule has 1 aliphatic carbocycles. The van der Waals surface area contributed by atoms with Gasteiger partial charge in [-0.3, -0.25) is 9.59 Å². The first kappa shape index (κ1) is 18.9. The Balaban J connectivity index is 1.39. The molecule has 2 saturated heterocycles. The zero-order valence-corrected chi connectivity index (χ0v) is 17.8. The number of carbonyl (C=O) groups excluding carboxylic acids is 2. The zero-order valence-electron chi connectivity index (χ0n) is 17.8. The predicted molar refractivity (Wildman–Crippen MR) is 120 cm³/mol. The van der Waals surface area contributed by atoms with Crippen LogP contribution >= 0.6 is 0 Å². The Morgan fingerprint density at radius 3 is 2.55 bits per heavy atom. The van der Waals surface area contributed by atoms with Crippen molar-refractivity contribution in [3.63, 3.8) is 0 Å². The lowest BCUT2D eigenvalue weighted by atomic mass is 9.75. The van der Waals surface area contributed by atoms with Crippen molar-refractivity contribution in [3.05, 3.63) is 65.7 Å². The second-order valence-electron chi connectivity index (χ2n) is 9.57. The number of nitrogens with one attached hydrogen (secondary N) is 1. The highest BCUT2D eigenvalue weighted by Crippen LogP contribution is 2.57. The number of anilines is 1. The number of amides is 2. The van der Waals surface area contributed by atoms with E-state index in [2.05, 4.69) is 34.5 Å². The maximum absolute atomic E-state index is 14.0. The van der Waals surface area contributed by atoms with E-state index in [4.69, 9.17) is 0 Å². The van der Waals surface area contributed by atoms with Gasteiger partial charge in [0.1, 0.15) is 12.2 Å². The van der Waals surface area contributed by atoms with E-state index in [1.54, 1.807) is 0 Å². The van der Waals surface area contributed by atoms with Gasteiger partial charge in [0.05, 0.1) is 11.8 Å². The molecule has 0 bridgehead atoms. The third-order valence-corrected chi connectivity index (χ3v) is 8.03. The summed E-state index contributed by atoms with van der Waals surface area (Å²) in [6.45, 7) is 0.646. The molecule has 0 radical (unpaired) electrons. The molecular weight excluding hydrogens is 386 g/mol. The van der Waals surface area contributed by atoms with Crippen LogP contribution in [0.4, 0.5) is 5.69 Å². The fourth-order valence-corrected chi connectivity index (χ4v) is 6.69. The number of carbonyl (C=O) groups is 2. The van der Waals surface area contributed by atoms with Gasteiger partial charge < -0.3 is 15.1 Å². The van der Waals surface area contributed by atoms with Crippen LogP contribution in [0.1, 0.15) is 49.7 Å². The summed E-state index contributed by atoms with van der Waals surface area (Å²) in [6.07, 6.45) is 6.91. The monoisotopic (exact) mass is 415 g/mol. The summed E-state index contributed by atoms with van der Waals surface area (Å²) in [5, 5.41) is 3.71. The van der Waals surface area contributed by atoms with Crippen molar-refractivity contribution in [1.82, 2.24) is 9.80 Å². The Morgan fingerprint density at radius 2 is 1.74 bits per heavy atom. The lowest BCUT2D eigenvalue weighted by molar-refractivity contribution is -0.142. The molecule has 1 saturated carbocycles. The van der Waals surface area contributed by atoms with Crippen LogP contribution in [0, 0.1) is 0 Å². The van der Waals surface area contributed by atoms with Crippen molar-refractivity contribution >= 4 is 17.5 Å². The van der Waals surface area contributed by atoms with E-state index in [0.29, 0.717) is 13.0 Å². The van der Waals surface area contributed by atoms with E-state index >= 15 is 0 Å². The third-order valence-electron chi connectivity index (χ3n) is 8.03. The molecule has 2 amide bonds. The highest BCUT2D eigenvalue weighted by Gasteiger charge is 2.69. The molecule has 0 aromatic heterocycles. The molecule has 3 heterocycles. The van der Waals surface area contributed by atoms with Crippen molar-refractivity contribution in [1.29, 1.82) is 0 Å². The second kappa shape index (κ2) is 7.11. The molecule has 0 unspecified atom stereocenters. The van der Waals surface area contributed by atoms with Crippen LogP contribution < -0.4 is 5.32 Å². The molecule has 3 fully saturated rings. The summed E-state index contributed by atoms with van der Waals surface area (Å²) in [6, 6.07) is 18.2. The first-order valence-corrected chi connectivity index (χ1v) is 11.7. The van der Waals surface area contributed by atoms with Crippen molar-refractivity contribution in [3.8, 4) is 0 Å². The van der Waals surface area contributed by atoms with E-state index in [0.717, 1.165) is 30.5 Å². The fourth-order valence-electron chi connectivity index (χ4n) is 6.69. The predicted octanol–water partition coefficient (Wildman–Crippen LogP) is 3.69. The van der Waals surface area contributed by atoms with Crippen molar-refractivity contribution in [2.45, 2.75) is 68.6 Å². The Morgan fingerprint density at radius 1 is 1.00 bits per heavy atom. The van der Waals surface area contributed by atoms with Gasteiger partial charge in [0.15, 0.2) is 0 Å². The minimum absolute atomic E-state index is 0.0416. The van der Waals surface area contributed by atoms with Crippen LogP contribution in [-0.4, -0.2) is 46.4 Å². The molecule has 5 heteroatoms. The highest BCUT2D eigenvalue weighted by molar-refractivity contribution is 5.96. The first-order valence-electron chi connectivity index (χ1n) is 11.7. The molecule has 2 aromatic carbocycles. The SMILES string of the molecule is O=C(Cc1ccccc1)N1CC[C@]23c4ccccc4N[C@H]2N(C2CCCCC2)C(=O)[C@H]13. The van der Waals surface area contributed by atoms with E-state index in [9.17, 15) is 9.59 Å². The van der Waals surface area contributed by atoms with Crippen LogP contribution in [-0.2, 0) is 21.4 Å². The maximum atomic E-state index is 14.0. The molecular formula is C26H29N3O2. The summed E-state index contributed by atoms with van der Waals surface area (Å²) in [5.41, 5.74) is 3.01. The molecule has 6 rings (SSSR count). The number of likely N-dealkylation sites (tertiary alicyclic amines) is 2. The summed E-state index contributed by atoms with van der Waals surface area (Å²) in [5.74, 6) is 0.216. The normalized spacial score (nSPS) is 29.5. The maximum Gasteiger partial charge on any atom is 0.248 e. The number of nitrogens with zero attached hydrogens (tertiary/aromatic N) is 2. The van der Waals surface area contributed by atoms with E-state index in [-0.39, 0.29) is 29.4 Å². The van der Waals surface area contributed by atoms with Crippen LogP contribution in [0.5, 0.6) is 0 Å². The van der Waals surface area contributed by atoms with Gasteiger partial charge >= 0.3 is 0 Å². The second-order valence-corrected chi connectivity index (χ2v) is 9.57. The van der Waals surface area contributed by atoms with Crippen LogP contribution in [0.25, 0.3) is 0 Å². The van der Waals surface area contributed by atoms with Crippen LogP contribution in [0.2, 0.25) is 0 Å². The van der Waals surface area contributed by atoms with E-state index in [1.807, 2.05) is 35.2 Å². The lowest BCUT2D eigenvalue weighted by Crippen LogP contribution is -2.50. The summed E-state index contributed by atoms with van der Waals surface area (Å²) in [4.78, 5) is 31.4. The fraction of sp³-hybridized carbons (Fsp3) is 0.462. The number of benzene rings is 2. The van der Waals surface area contributed by atoms with Crippen molar-refractivity contribution in [2.24, 2.45) is 0 Å². The third kappa shape index (κ3) is 2.68. The molecule has 160 valence electrons. The largest absolute Gasteiger partial charge is 0.364 e. The minimum atomic E-state index is -0.396. The Kier molecular flexibility index (Phi) is 4.34. The average Bonchev–Trinajstić information content (AvgIpc) is 3.42. The van der Waals surface area contributed by atoms with Gasteiger partial charge in [-0.1, -0.05) is 67.8 Å². The van der Waals surface area contributed by atoms with Gasteiger partial charge in [-0.15, -0.1) is 0 Å². The summed E-state index contributed by atoms with van der Waals surface area (Å²) >= 11 is 0. The number of para-hydroxylation sites is 1. The van der Waals surface area contributed by atoms with Crippen molar-refractivity contribution in [2.75, 3.05) is 11.9 Å². The lowest BCUT2D eigenvalue weighted by Gasteiger charge is -2.37. The number of rotatable bonds is 3. The van der Waals surface area contributed by atoms with Gasteiger partial charge in [0.25, 0.3) is 0 Å². The Bertz CT molecular complexity index is 1020. The Hall–Kier alpha value is -2.82. The smallest absolute Gasteiger partial charge is 0.248 e. The molecule has 5 nitrogen and oxygen atoms in total. The summed E-state index contributed by atoms with van der Waals surface area (Å²) in [7, 11) is 0. The van der Waals surface area contributed by atoms with Gasteiger partial charge in [0.2, 0.25) is 11.8 Å². The number of fused-ring (bicyclic) bond motifs is 1. The molecule has 4 aliphatic rings. The molecule has 1 N–H and O–H groups in total. The van der Waals surface area contributed by atoms with E-state index in [1.165, 1.54) is 24.8 Å². The van der Waals surface area contributed by atoms with Crippen LogP contribution in [0.15, 0.2) is 54.6 Å². The standard InChI is InChI=1S/C26H29N3O2/c30-22(17-18-9-3-1-4-10-18)28-16-15-26-20-13-7-8-14-21(20)27-25(26)29(24(31)23(26)28)19-11-5-2-6-12-19/h1,3-4,7-10,13-14,19,23,25,27H,2,5-6,11-12,15-17H2/t23-,25-,26+/m0/s1. The zero-order chi connectivity index (χ0) is 21.0. The summed E-state index contributed by atoms with van der Waals surface area (Å²) < 4.78 is 0. The number of hydrogen-bond donors (Lipinski definition) is 1. The highest BCUT2D eigenvalue weighted by atomic mass is 16.2. The average molecular weight is 416 g/mol. The molecule has 2 aromatic rings. The van der Waals surface area contributed by atoms with E-state index < -0.39 is 6.04 Å². The molecule has 3 atom stereocenters. The van der Waals surface area contributed by atoms with Gasteiger partial charge in [-0.05, 0) is 36.5 Å². The van der Waals surface area contributed by atoms with Gasteiger partial charge in [0, 0.05) is 18.3 Å². The minimum Gasteiger partial charge on any atom is -0.364 e. The molecule has 3 aliphatic heterocycles. The topological polar surface area (TPSA) is 52.7 Å². The number of hydrogen-bond acceptors (Lipinski definition) is 3. The van der Waals surface area contributed by atoms with Gasteiger partial charge in [-0.2, -0.15) is 0 Å².